The van der Waals surface area contributed by atoms with Crippen LogP contribution in [0.25, 0.3) is 0 Å². The Morgan fingerprint density at radius 3 is 2.53 bits per heavy atom. The standard InChI is InChI=1S/C13H16F2N2O2/c1-13(2)10(5-11(13)18)17-12(19)6-3-7(14)8(15)4-9(6)16/h3-4,10-11,18H,5,16H2,1-2H3,(H,17,19). The van der Waals surface area contributed by atoms with Gasteiger partial charge in [-0.25, -0.2) is 8.78 Å². The number of halogens is 2. The van der Waals surface area contributed by atoms with Gasteiger partial charge in [-0.15, -0.1) is 0 Å². The summed E-state index contributed by atoms with van der Waals surface area (Å²) >= 11 is 0. The summed E-state index contributed by atoms with van der Waals surface area (Å²) in [6.07, 6.45) is -0.0532. The number of benzene rings is 1. The highest BCUT2D eigenvalue weighted by atomic mass is 19.2. The first-order valence-electron chi connectivity index (χ1n) is 5.97. The van der Waals surface area contributed by atoms with Crippen molar-refractivity contribution < 1.29 is 18.7 Å². The normalized spacial score (nSPS) is 24.7. The zero-order valence-electron chi connectivity index (χ0n) is 10.7. The van der Waals surface area contributed by atoms with Gasteiger partial charge in [0.15, 0.2) is 11.6 Å². The van der Waals surface area contributed by atoms with Crippen LogP contribution in [0.5, 0.6) is 0 Å². The minimum absolute atomic E-state index is 0.101. The topological polar surface area (TPSA) is 75.3 Å². The number of aliphatic hydroxyl groups is 1. The van der Waals surface area contributed by atoms with Crippen LogP contribution in [-0.4, -0.2) is 23.2 Å². The number of anilines is 1. The summed E-state index contributed by atoms with van der Waals surface area (Å²) in [5.41, 5.74) is 4.85. The molecule has 104 valence electrons. The van der Waals surface area contributed by atoms with Gasteiger partial charge in [-0.3, -0.25) is 4.79 Å². The van der Waals surface area contributed by atoms with E-state index in [1.54, 1.807) is 0 Å². The summed E-state index contributed by atoms with van der Waals surface area (Å²) in [5.74, 6) is -2.78. The number of rotatable bonds is 2. The molecule has 1 fully saturated rings. The molecule has 1 aliphatic carbocycles. The zero-order chi connectivity index (χ0) is 14.4. The zero-order valence-corrected chi connectivity index (χ0v) is 10.7. The van der Waals surface area contributed by atoms with E-state index in [2.05, 4.69) is 5.32 Å². The van der Waals surface area contributed by atoms with Crippen molar-refractivity contribution in [1.82, 2.24) is 5.32 Å². The smallest absolute Gasteiger partial charge is 0.253 e. The molecule has 1 saturated carbocycles. The molecule has 0 bridgehead atoms. The Hall–Kier alpha value is -1.69. The van der Waals surface area contributed by atoms with Gasteiger partial charge in [0.25, 0.3) is 5.91 Å². The summed E-state index contributed by atoms with van der Waals surface area (Å²) in [4.78, 5) is 12.0. The molecule has 4 N–H and O–H groups in total. The number of carbonyl (C=O) groups is 1. The molecule has 1 aliphatic rings. The first-order valence-corrected chi connectivity index (χ1v) is 5.97. The Morgan fingerprint density at radius 2 is 2.00 bits per heavy atom. The fraction of sp³-hybridized carbons (Fsp3) is 0.462. The largest absolute Gasteiger partial charge is 0.398 e. The van der Waals surface area contributed by atoms with Crippen molar-refractivity contribution in [2.45, 2.75) is 32.4 Å². The number of nitrogens with one attached hydrogen (secondary N) is 1. The lowest BCUT2D eigenvalue weighted by Gasteiger charge is -2.49. The third-order valence-corrected chi connectivity index (χ3v) is 3.86. The molecule has 0 spiro atoms. The minimum atomic E-state index is -1.12. The molecule has 1 aromatic carbocycles. The summed E-state index contributed by atoms with van der Waals surface area (Å²) in [5, 5.41) is 12.3. The molecule has 1 amide bonds. The first kappa shape index (κ1) is 13.7. The third-order valence-electron chi connectivity index (χ3n) is 3.86. The molecule has 19 heavy (non-hydrogen) atoms. The van der Waals surface area contributed by atoms with Crippen molar-refractivity contribution in [3.63, 3.8) is 0 Å². The van der Waals surface area contributed by atoms with Gasteiger partial charge in [0.1, 0.15) is 0 Å². The summed E-state index contributed by atoms with van der Waals surface area (Å²) in [6.45, 7) is 3.64. The van der Waals surface area contributed by atoms with Crippen LogP contribution >= 0.6 is 0 Å². The number of nitrogens with two attached hydrogens (primary N) is 1. The maximum absolute atomic E-state index is 13.1. The number of aliphatic hydroxyl groups excluding tert-OH is 1. The number of carbonyl (C=O) groups excluding carboxylic acids is 1. The molecule has 4 nitrogen and oxygen atoms in total. The Bertz CT molecular complexity index is 532. The first-order chi connectivity index (χ1) is 8.73. The molecule has 0 radical (unpaired) electrons. The van der Waals surface area contributed by atoms with Crippen LogP contribution in [0.4, 0.5) is 14.5 Å². The van der Waals surface area contributed by atoms with Crippen LogP contribution in [0.2, 0.25) is 0 Å². The molecule has 2 rings (SSSR count). The summed E-state index contributed by atoms with van der Waals surface area (Å²) in [6, 6.07) is 1.34. The highest BCUT2D eigenvalue weighted by Gasteiger charge is 2.48. The molecule has 2 atom stereocenters. The lowest BCUT2D eigenvalue weighted by molar-refractivity contribution is -0.0689. The Labute approximate surface area is 109 Å². The van der Waals surface area contributed by atoms with Crippen LogP contribution < -0.4 is 11.1 Å². The predicted molar refractivity (Wildman–Crippen MR) is 66.4 cm³/mol. The predicted octanol–water partition coefficient (Wildman–Crippen LogP) is 1.44. The molecule has 0 aromatic heterocycles. The van der Waals surface area contributed by atoms with E-state index < -0.39 is 29.1 Å². The highest BCUT2D eigenvalue weighted by Crippen LogP contribution is 2.40. The second-order valence-corrected chi connectivity index (χ2v) is 5.45. The molecular formula is C13H16F2N2O2. The van der Waals surface area contributed by atoms with E-state index in [4.69, 9.17) is 5.73 Å². The molecule has 1 aromatic rings. The van der Waals surface area contributed by atoms with E-state index in [-0.39, 0.29) is 17.3 Å². The van der Waals surface area contributed by atoms with Crippen molar-refractivity contribution in [3.8, 4) is 0 Å². The van der Waals surface area contributed by atoms with Gasteiger partial charge in [-0.1, -0.05) is 13.8 Å². The second-order valence-electron chi connectivity index (χ2n) is 5.45. The van der Waals surface area contributed by atoms with Crippen LogP contribution in [0.15, 0.2) is 12.1 Å². The van der Waals surface area contributed by atoms with Crippen molar-refractivity contribution in [2.75, 3.05) is 5.73 Å². The van der Waals surface area contributed by atoms with Crippen LogP contribution in [0.1, 0.15) is 30.6 Å². The quantitative estimate of drug-likeness (QED) is 0.712. The van der Waals surface area contributed by atoms with Gasteiger partial charge in [0, 0.05) is 23.2 Å². The summed E-state index contributed by atoms with van der Waals surface area (Å²) < 4.78 is 26.0. The van der Waals surface area contributed by atoms with E-state index >= 15 is 0 Å². The fourth-order valence-corrected chi connectivity index (χ4v) is 2.14. The van der Waals surface area contributed by atoms with Crippen molar-refractivity contribution in [2.24, 2.45) is 5.41 Å². The molecule has 0 saturated heterocycles. The number of nitrogen functional groups attached to an aromatic ring is 1. The molecular weight excluding hydrogens is 254 g/mol. The monoisotopic (exact) mass is 270 g/mol. The maximum atomic E-state index is 13.1. The highest BCUT2D eigenvalue weighted by molar-refractivity contribution is 5.99. The van der Waals surface area contributed by atoms with Crippen LogP contribution in [0.3, 0.4) is 0 Å². The van der Waals surface area contributed by atoms with Crippen molar-refractivity contribution in [3.05, 3.63) is 29.3 Å². The molecule has 0 heterocycles. The minimum Gasteiger partial charge on any atom is -0.398 e. The van der Waals surface area contributed by atoms with Crippen molar-refractivity contribution in [1.29, 1.82) is 0 Å². The SMILES string of the molecule is CC1(C)C(O)CC1NC(=O)c1cc(F)c(F)cc1N. The Balaban J connectivity index is 2.16. The van der Waals surface area contributed by atoms with Crippen LogP contribution in [-0.2, 0) is 0 Å². The molecule has 0 aliphatic heterocycles. The fourth-order valence-electron chi connectivity index (χ4n) is 2.14. The van der Waals surface area contributed by atoms with Gasteiger partial charge in [-0.05, 0) is 12.5 Å². The number of hydrogen-bond acceptors (Lipinski definition) is 3. The maximum Gasteiger partial charge on any atom is 0.253 e. The van der Waals surface area contributed by atoms with Crippen molar-refractivity contribution >= 4 is 11.6 Å². The lowest BCUT2D eigenvalue weighted by Crippen LogP contribution is -2.61. The van der Waals surface area contributed by atoms with E-state index in [1.165, 1.54) is 0 Å². The Morgan fingerprint density at radius 1 is 1.42 bits per heavy atom. The lowest BCUT2D eigenvalue weighted by atomic mass is 9.64. The molecule has 2 unspecified atom stereocenters. The van der Waals surface area contributed by atoms with Gasteiger partial charge in [0.05, 0.1) is 11.7 Å². The van der Waals surface area contributed by atoms with E-state index in [9.17, 15) is 18.7 Å². The van der Waals surface area contributed by atoms with Gasteiger partial charge < -0.3 is 16.2 Å². The van der Waals surface area contributed by atoms with Crippen LogP contribution in [0, 0.1) is 17.0 Å². The average molecular weight is 270 g/mol. The second kappa shape index (κ2) is 4.45. The van der Waals surface area contributed by atoms with Gasteiger partial charge >= 0.3 is 0 Å². The van der Waals surface area contributed by atoms with Gasteiger partial charge in [-0.2, -0.15) is 0 Å². The summed E-state index contributed by atoms with van der Waals surface area (Å²) in [7, 11) is 0. The third kappa shape index (κ3) is 2.28. The molecule has 6 heteroatoms. The Kier molecular flexibility index (Phi) is 3.22. The van der Waals surface area contributed by atoms with Gasteiger partial charge in [0.2, 0.25) is 0 Å². The average Bonchev–Trinajstić information content (AvgIpc) is 2.33. The number of amides is 1. The van der Waals surface area contributed by atoms with E-state index in [0.29, 0.717) is 6.42 Å². The number of hydrogen-bond donors (Lipinski definition) is 3. The van der Waals surface area contributed by atoms with E-state index in [1.807, 2.05) is 13.8 Å². The van der Waals surface area contributed by atoms with E-state index in [0.717, 1.165) is 12.1 Å².